The Bertz CT molecular complexity index is 334. The van der Waals surface area contributed by atoms with Crippen LogP contribution in [0, 0.1) is 0 Å². The van der Waals surface area contributed by atoms with E-state index in [1.807, 2.05) is 6.26 Å². The number of aromatic nitrogens is 2. The van der Waals surface area contributed by atoms with Gasteiger partial charge in [-0.1, -0.05) is 20.4 Å². The summed E-state index contributed by atoms with van der Waals surface area (Å²) in [6.07, 6.45) is 5.66. The molecule has 14 heavy (non-hydrogen) atoms. The Labute approximate surface area is 89.9 Å². The lowest BCUT2D eigenvalue weighted by Gasteiger charge is -2.08. The van der Waals surface area contributed by atoms with Crippen molar-refractivity contribution in [1.82, 2.24) is 9.97 Å². The van der Waals surface area contributed by atoms with Crippen molar-refractivity contribution in [3.05, 3.63) is 23.7 Å². The monoisotopic (exact) mass is 208 g/mol. The molecule has 1 rings (SSSR count). The van der Waals surface area contributed by atoms with E-state index in [2.05, 4.69) is 30.4 Å². The van der Waals surface area contributed by atoms with Crippen LogP contribution in [0.5, 0.6) is 0 Å². The minimum Gasteiger partial charge on any atom is -0.253 e. The second-order valence-corrected chi connectivity index (χ2v) is 3.72. The van der Waals surface area contributed by atoms with Gasteiger partial charge in [0, 0.05) is 0 Å². The fourth-order valence-corrected chi connectivity index (χ4v) is 1.94. The van der Waals surface area contributed by atoms with E-state index in [0.29, 0.717) is 0 Å². The van der Waals surface area contributed by atoms with Crippen molar-refractivity contribution in [3.63, 3.8) is 0 Å². The van der Waals surface area contributed by atoms with E-state index in [4.69, 9.17) is 0 Å². The second kappa shape index (κ2) is 5.15. The SMILES string of the molecule is C=Cc1nc(SC)c(CC)nc1CC. The number of hydrogen-bond donors (Lipinski definition) is 0. The fourth-order valence-electron chi connectivity index (χ4n) is 1.32. The molecule has 1 aromatic rings. The van der Waals surface area contributed by atoms with Crippen molar-refractivity contribution in [3.8, 4) is 0 Å². The highest BCUT2D eigenvalue weighted by molar-refractivity contribution is 7.98. The lowest BCUT2D eigenvalue weighted by Crippen LogP contribution is -2.03. The van der Waals surface area contributed by atoms with Crippen LogP contribution in [-0.2, 0) is 12.8 Å². The van der Waals surface area contributed by atoms with Gasteiger partial charge in [0.2, 0.25) is 0 Å². The molecule has 3 heteroatoms. The molecule has 0 saturated heterocycles. The summed E-state index contributed by atoms with van der Waals surface area (Å²) in [6, 6.07) is 0. The first-order chi connectivity index (χ1) is 6.76. The molecule has 1 heterocycles. The van der Waals surface area contributed by atoms with E-state index in [0.717, 1.165) is 34.9 Å². The highest BCUT2D eigenvalue weighted by atomic mass is 32.2. The van der Waals surface area contributed by atoms with Crippen molar-refractivity contribution in [2.45, 2.75) is 31.7 Å². The zero-order valence-corrected chi connectivity index (χ0v) is 9.82. The summed E-state index contributed by atoms with van der Waals surface area (Å²) < 4.78 is 0. The van der Waals surface area contributed by atoms with Gasteiger partial charge >= 0.3 is 0 Å². The average Bonchev–Trinajstić information content (AvgIpc) is 2.26. The third-order valence-corrected chi connectivity index (χ3v) is 2.80. The molecule has 0 aliphatic heterocycles. The second-order valence-electron chi connectivity index (χ2n) is 2.92. The molecule has 2 nitrogen and oxygen atoms in total. The van der Waals surface area contributed by atoms with Crippen molar-refractivity contribution in [2.75, 3.05) is 6.26 Å². The normalized spacial score (nSPS) is 10.2. The predicted octanol–water partition coefficient (Wildman–Crippen LogP) is 2.97. The fraction of sp³-hybridized carbons (Fsp3) is 0.455. The Hall–Kier alpha value is -0.830. The standard InChI is InChI=1S/C11H16N2S/c1-5-8-9(6-2)13-11(14-4)10(7-3)12-8/h6H,2,5,7H2,1,3-4H3. The molecular weight excluding hydrogens is 192 g/mol. The number of thioether (sulfide) groups is 1. The molecule has 0 aromatic carbocycles. The van der Waals surface area contributed by atoms with Crippen LogP contribution in [0.3, 0.4) is 0 Å². The summed E-state index contributed by atoms with van der Waals surface area (Å²) in [6.45, 7) is 7.96. The van der Waals surface area contributed by atoms with Gasteiger partial charge in [-0.3, -0.25) is 4.98 Å². The molecule has 0 spiro atoms. The van der Waals surface area contributed by atoms with Crippen LogP contribution in [0.25, 0.3) is 6.08 Å². The summed E-state index contributed by atoms with van der Waals surface area (Å²) in [7, 11) is 0. The molecule has 0 bridgehead atoms. The topological polar surface area (TPSA) is 25.8 Å². The molecule has 0 saturated carbocycles. The van der Waals surface area contributed by atoms with Gasteiger partial charge < -0.3 is 0 Å². The van der Waals surface area contributed by atoms with Crippen molar-refractivity contribution >= 4 is 17.8 Å². The third-order valence-electron chi connectivity index (χ3n) is 2.09. The van der Waals surface area contributed by atoms with E-state index in [9.17, 15) is 0 Å². The smallest absolute Gasteiger partial charge is 0.118 e. The van der Waals surface area contributed by atoms with Crippen LogP contribution >= 0.6 is 11.8 Å². The first kappa shape index (κ1) is 11.2. The van der Waals surface area contributed by atoms with Gasteiger partial charge in [-0.15, -0.1) is 11.8 Å². The van der Waals surface area contributed by atoms with E-state index in [-0.39, 0.29) is 0 Å². The maximum atomic E-state index is 4.60. The molecule has 0 amide bonds. The van der Waals surface area contributed by atoms with Gasteiger partial charge in [0.25, 0.3) is 0 Å². The number of nitrogens with zero attached hydrogens (tertiary/aromatic N) is 2. The summed E-state index contributed by atoms with van der Waals surface area (Å²) in [5.74, 6) is 0. The van der Waals surface area contributed by atoms with Gasteiger partial charge in [-0.25, -0.2) is 4.98 Å². The highest BCUT2D eigenvalue weighted by Gasteiger charge is 2.08. The molecule has 0 aliphatic rings. The quantitative estimate of drug-likeness (QED) is 0.711. The van der Waals surface area contributed by atoms with Crippen LogP contribution in [0.15, 0.2) is 11.6 Å². The van der Waals surface area contributed by atoms with E-state index < -0.39 is 0 Å². The van der Waals surface area contributed by atoms with Crippen LogP contribution in [0.2, 0.25) is 0 Å². The van der Waals surface area contributed by atoms with E-state index in [1.165, 1.54) is 0 Å². The first-order valence-corrected chi connectivity index (χ1v) is 6.05. The summed E-state index contributed by atoms with van der Waals surface area (Å²) in [5.41, 5.74) is 3.07. The maximum absolute atomic E-state index is 4.60. The predicted molar refractivity (Wildman–Crippen MR) is 62.7 cm³/mol. The van der Waals surface area contributed by atoms with Gasteiger partial charge in [0.1, 0.15) is 5.03 Å². The molecule has 76 valence electrons. The number of rotatable bonds is 4. The first-order valence-electron chi connectivity index (χ1n) is 4.83. The minimum atomic E-state index is 0.913. The van der Waals surface area contributed by atoms with Crippen molar-refractivity contribution in [1.29, 1.82) is 0 Å². The molecule has 0 unspecified atom stereocenters. The molecule has 1 aromatic heterocycles. The molecule has 0 aliphatic carbocycles. The van der Waals surface area contributed by atoms with Crippen LogP contribution in [0.1, 0.15) is 30.9 Å². The Balaban J connectivity index is 3.27. The van der Waals surface area contributed by atoms with Gasteiger partial charge in [0.05, 0.1) is 17.1 Å². The Morgan fingerprint density at radius 3 is 2.29 bits per heavy atom. The number of aryl methyl sites for hydroxylation is 2. The van der Waals surface area contributed by atoms with Crippen LogP contribution < -0.4 is 0 Å². The zero-order chi connectivity index (χ0) is 10.6. The Kier molecular flexibility index (Phi) is 4.14. The maximum Gasteiger partial charge on any atom is 0.118 e. The molecule has 0 radical (unpaired) electrons. The van der Waals surface area contributed by atoms with Crippen molar-refractivity contribution < 1.29 is 0 Å². The number of hydrogen-bond acceptors (Lipinski definition) is 3. The average molecular weight is 208 g/mol. The lowest BCUT2D eigenvalue weighted by atomic mass is 10.2. The molecule has 0 atom stereocenters. The largest absolute Gasteiger partial charge is 0.253 e. The van der Waals surface area contributed by atoms with E-state index >= 15 is 0 Å². The molecule has 0 N–H and O–H groups in total. The Morgan fingerprint density at radius 1 is 1.21 bits per heavy atom. The highest BCUT2D eigenvalue weighted by Crippen LogP contribution is 2.19. The Morgan fingerprint density at radius 2 is 1.86 bits per heavy atom. The van der Waals surface area contributed by atoms with E-state index in [1.54, 1.807) is 17.8 Å². The third kappa shape index (κ3) is 2.15. The van der Waals surface area contributed by atoms with Gasteiger partial charge in [0.15, 0.2) is 0 Å². The minimum absolute atomic E-state index is 0.913. The van der Waals surface area contributed by atoms with Crippen LogP contribution in [0.4, 0.5) is 0 Å². The molecular formula is C11H16N2S. The summed E-state index contributed by atoms with van der Waals surface area (Å²) >= 11 is 1.65. The summed E-state index contributed by atoms with van der Waals surface area (Å²) in [4.78, 5) is 9.13. The zero-order valence-electron chi connectivity index (χ0n) is 9.00. The lowest BCUT2D eigenvalue weighted by molar-refractivity contribution is 0.851. The molecule has 0 fully saturated rings. The van der Waals surface area contributed by atoms with Crippen LogP contribution in [-0.4, -0.2) is 16.2 Å². The van der Waals surface area contributed by atoms with Crippen molar-refractivity contribution in [2.24, 2.45) is 0 Å². The summed E-state index contributed by atoms with van der Waals surface area (Å²) in [5, 5.41) is 1.03. The van der Waals surface area contributed by atoms with Gasteiger partial charge in [-0.2, -0.15) is 0 Å². The van der Waals surface area contributed by atoms with Gasteiger partial charge in [-0.05, 0) is 25.2 Å².